The molecule has 3 aromatic heterocycles. The van der Waals surface area contributed by atoms with Gasteiger partial charge in [-0.25, -0.2) is 9.97 Å². The number of alkyl halides is 3. The van der Waals surface area contributed by atoms with E-state index in [-0.39, 0.29) is 29.9 Å². The highest BCUT2D eigenvalue weighted by Crippen LogP contribution is 2.34. The van der Waals surface area contributed by atoms with Gasteiger partial charge >= 0.3 is 6.18 Å². The first-order valence-corrected chi connectivity index (χ1v) is 11.0. The Bertz CT molecular complexity index is 1080. The molecule has 0 aromatic carbocycles. The maximum atomic E-state index is 13.5. The van der Waals surface area contributed by atoms with Crippen LogP contribution in [0, 0.1) is 6.92 Å². The van der Waals surface area contributed by atoms with Gasteiger partial charge in [-0.2, -0.15) is 18.3 Å². The van der Waals surface area contributed by atoms with Gasteiger partial charge in [0.2, 0.25) is 0 Å². The van der Waals surface area contributed by atoms with Gasteiger partial charge in [-0.15, -0.1) is 11.3 Å². The zero-order valence-corrected chi connectivity index (χ0v) is 18.0. The number of halogens is 3. The van der Waals surface area contributed by atoms with Crippen molar-refractivity contribution in [3.8, 4) is 10.6 Å². The summed E-state index contributed by atoms with van der Waals surface area (Å²) in [6, 6.07) is 4.49. The Morgan fingerprint density at radius 1 is 1.35 bits per heavy atom. The summed E-state index contributed by atoms with van der Waals surface area (Å²) in [6.45, 7) is 4.61. The number of H-pyrrole nitrogens is 1. The molecule has 0 bridgehead atoms. The van der Waals surface area contributed by atoms with Crippen molar-refractivity contribution >= 4 is 17.2 Å². The minimum Gasteiger partial charge on any atom is -0.337 e. The van der Waals surface area contributed by atoms with Crippen molar-refractivity contribution in [2.75, 3.05) is 13.1 Å². The van der Waals surface area contributed by atoms with E-state index in [1.54, 1.807) is 22.4 Å². The van der Waals surface area contributed by atoms with Crippen molar-refractivity contribution in [2.24, 2.45) is 0 Å². The third-order valence-electron chi connectivity index (χ3n) is 5.55. The summed E-state index contributed by atoms with van der Waals surface area (Å²) < 4.78 is 40.5. The van der Waals surface area contributed by atoms with Crippen LogP contribution in [0.1, 0.15) is 58.9 Å². The van der Waals surface area contributed by atoms with Crippen molar-refractivity contribution in [2.45, 2.75) is 45.2 Å². The van der Waals surface area contributed by atoms with Gasteiger partial charge in [-0.1, -0.05) is 13.0 Å². The number of hydrogen-bond donors (Lipinski definition) is 1. The number of aromatic nitrogens is 4. The van der Waals surface area contributed by atoms with Gasteiger partial charge in [0.05, 0.1) is 10.6 Å². The third kappa shape index (κ3) is 4.34. The summed E-state index contributed by atoms with van der Waals surface area (Å²) in [5, 5.41) is 8.84. The van der Waals surface area contributed by atoms with E-state index < -0.39 is 11.9 Å². The van der Waals surface area contributed by atoms with Gasteiger partial charge in [0, 0.05) is 30.3 Å². The molecule has 1 aliphatic heterocycles. The van der Waals surface area contributed by atoms with Crippen LogP contribution in [0.4, 0.5) is 13.2 Å². The Balaban J connectivity index is 1.64. The lowest BCUT2D eigenvalue weighted by Crippen LogP contribution is -2.40. The van der Waals surface area contributed by atoms with Crippen LogP contribution < -0.4 is 0 Å². The fourth-order valence-electron chi connectivity index (χ4n) is 3.85. The highest BCUT2D eigenvalue weighted by atomic mass is 32.1. The number of nitrogens with zero attached hydrogens (tertiary/aromatic N) is 4. The molecule has 4 heterocycles. The van der Waals surface area contributed by atoms with Crippen LogP contribution >= 0.6 is 11.3 Å². The van der Waals surface area contributed by atoms with Crippen LogP contribution in [0.2, 0.25) is 0 Å². The lowest BCUT2D eigenvalue weighted by atomic mass is 9.96. The fourth-order valence-corrected chi connectivity index (χ4v) is 4.54. The number of carbonyl (C=O) groups is 1. The average Bonchev–Trinajstić information content (AvgIpc) is 3.42. The quantitative estimate of drug-likeness (QED) is 0.619. The highest BCUT2D eigenvalue weighted by Gasteiger charge is 2.36. The van der Waals surface area contributed by atoms with E-state index in [1.165, 1.54) is 11.3 Å². The topological polar surface area (TPSA) is 74.8 Å². The summed E-state index contributed by atoms with van der Waals surface area (Å²) >= 11 is 1.33. The Morgan fingerprint density at radius 2 is 2.16 bits per heavy atom. The largest absolute Gasteiger partial charge is 0.433 e. The number of rotatable bonds is 4. The first-order valence-electron chi connectivity index (χ1n) is 10.1. The molecule has 1 saturated heterocycles. The SMILES string of the molecule is CCc1[nH]nc(C(=O)N2CCC[C@@H](c3nc(-c4cccs4)cc(C(F)(F)F)n3)C2)c1C. The minimum atomic E-state index is -4.57. The van der Waals surface area contributed by atoms with E-state index >= 15 is 0 Å². The molecule has 1 N–H and O–H groups in total. The van der Waals surface area contributed by atoms with Crippen molar-refractivity contribution in [3.63, 3.8) is 0 Å². The molecule has 1 amide bonds. The lowest BCUT2D eigenvalue weighted by molar-refractivity contribution is -0.141. The maximum Gasteiger partial charge on any atom is 0.433 e. The standard InChI is InChI=1S/C21H22F3N5OS/c1-3-14-12(2)18(28-27-14)20(30)29-8-4-6-13(11-29)19-25-15(16-7-5-9-31-16)10-17(26-19)21(22,23)24/h5,7,9-10,13H,3-4,6,8,11H2,1-2H3,(H,27,28)/t13-/m1/s1. The molecular formula is C21H22F3N5OS. The van der Waals surface area contributed by atoms with Crippen LogP contribution in [0.25, 0.3) is 10.6 Å². The van der Waals surface area contributed by atoms with Gasteiger partial charge in [-0.05, 0) is 43.7 Å². The fraction of sp³-hybridized carbons (Fsp3) is 0.429. The predicted molar refractivity (Wildman–Crippen MR) is 111 cm³/mol. The Labute approximate surface area is 181 Å². The summed E-state index contributed by atoms with van der Waals surface area (Å²) in [7, 11) is 0. The molecule has 0 saturated carbocycles. The second kappa shape index (κ2) is 8.41. The number of carbonyl (C=O) groups excluding carboxylic acids is 1. The molecule has 3 aromatic rings. The summed E-state index contributed by atoms with van der Waals surface area (Å²) in [5.41, 5.74) is 1.37. The molecule has 164 valence electrons. The third-order valence-corrected chi connectivity index (χ3v) is 6.44. The van der Waals surface area contributed by atoms with E-state index in [1.807, 2.05) is 13.8 Å². The van der Waals surface area contributed by atoms with E-state index in [0.717, 1.165) is 23.7 Å². The lowest BCUT2D eigenvalue weighted by Gasteiger charge is -2.32. The molecule has 0 unspecified atom stereocenters. The van der Waals surface area contributed by atoms with Gasteiger partial charge in [0.25, 0.3) is 5.91 Å². The molecule has 1 fully saturated rings. The van der Waals surface area contributed by atoms with Gasteiger partial charge in [-0.3, -0.25) is 9.89 Å². The second-order valence-electron chi connectivity index (χ2n) is 7.59. The van der Waals surface area contributed by atoms with Crippen molar-refractivity contribution in [1.29, 1.82) is 0 Å². The van der Waals surface area contributed by atoms with Crippen LogP contribution in [-0.4, -0.2) is 44.1 Å². The molecule has 4 rings (SSSR count). The first kappa shape index (κ1) is 21.5. The molecule has 0 aliphatic carbocycles. The van der Waals surface area contributed by atoms with E-state index in [0.29, 0.717) is 30.0 Å². The van der Waals surface area contributed by atoms with E-state index in [2.05, 4.69) is 20.2 Å². The number of amides is 1. The van der Waals surface area contributed by atoms with Crippen molar-refractivity contribution in [1.82, 2.24) is 25.1 Å². The highest BCUT2D eigenvalue weighted by molar-refractivity contribution is 7.13. The second-order valence-corrected chi connectivity index (χ2v) is 8.54. The van der Waals surface area contributed by atoms with E-state index in [4.69, 9.17) is 0 Å². The Hall–Kier alpha value is -2.75. The molecule has 1 aliphatic rings. The number of aryl methyl sites for hydroxylation is 1. The summed E-state index contributed by atoms with van der Waals surface area (Å²) in [5.74, 6) is -0.462. The van der Waals surface area contributed by atoms with Crippen LogP contribution in [0.3, 0.4) is 0 Å². The zero-order valence-electron chi connectivity index (χ0n) is 17.2. The molecule has 0 spiro atoms. The molecule has 1 atom stereocenters. The first-order chi connectivity index (χ1) is 14.8. The van der Waals surface area contributed by atoms with Crippen LogP contribution in [0.15, 0.2) is 23.6 Å². The van der Waals surface area contributed by atoms with Crippen LogP contribution in [0.5, 0.6) is 0 Å². The van der Waals surface area contributed by atoms with Gasteiger partial charge in [0.15, 0.2) is 5.69 Å². The number of aromatic amines is 1. The number of piperidine rings is 1. The average molecular weight is 450 g/mol. The van der Waals surface area contributed by atoms with E-state index in [9.17, 15) is 18.0 Å². The molecule has 10 heteroatoms. The normalized spacial score (nSPS) is 17.2. The molecular weight excluding hydrogens is 427 g/mol. The number of hydrogen-bond acceptors (Lipinski definition) is 5. The Morgan fingerprint density at radius 3 is 2.81 bits per heavy atom. The number of thiophene rings is 1. The maximum absolute atomic E-state index is 13.5. The predicted octanol–water partition coefficient (Wildman–Crippen LogP) is 4.84. The number of nitrogens with one attached hydrogen (secondary N) is 1. The van der Waals surface area contributed by atoms with Crippen LogP contribution in [-0.2, 0) is 12.6 Å². The minimum absolute atomic E-state index is 0.128. The van der Waals surface area contributed by atoms with Crippen molar-refractivity contribution < 1.29 is 18.0 Å². The monoisotopic (exact) mass is 449 g/mol. The number of likely N-dealkylation sites (tertiary alicyclic amines) is 1. The molecule has 0 radical (unpaired) electrons. The molecule has 6 nitrogen and oxygen atoms in total. The molecule has 31 heavy (non-hydrogen) atoms. The zero-order chi connectivity index (χ0) is 22.2. The van der Waals surface area contributed by atoms with Crippen molar-refractivity contribution in [3.05, 3.63) is 52.0 Å². The van der Waals surface area contributed by atoms with Gasteiger partial charge < -0.3 is 4.90 Å². The summed E-state index contributed by atoms with van der Waals surface area (Å²) in [4.78, 5) is 23.6. The Kier molecular flexibility index (Phi) is 5.83. The summed E-state index contributed by atoms with van der Waals surface area (Å²) in [6.07, 6.45) is -2.56. The smallest absolute Gasteiger partial charge is 0.337 e. The van der Waals surface area contributed by atoms with Gasteiger partial charge in [0.1, 0.15) is 11.5 Å².